The third kappa shape index (κ3) is 34.4. The molecule has 0 spiro atoms. The van der Waals surface area contributed by atoms with Crippen LogP contribution >= 0.6 is 0 Å². The molecule has 298 valence electrons. The molecule has 0 aliphatic heterocycles. The van der Waals surface area contributed by atoms with Crippen LogP contribution in [-0.4, -0.2) is 59.3 Å². The number of hydrogen-bond donors (Lipinski definition) is 4. The fraction of sp³-hybridized carbons (Fsp3) is 0.857. The molecule has 0 aliphatic carbocycles. The van der Waals surface area contributed by atoms with E-state index in [2.05, 4.69) is 30.6 Å². The Labute approximate surface area is 311 Å². The van der Waals surface area contributed by atoms with E-state index in [9.17, 15) is 19.2 Å². The van der Waals surface area contributed by atoms with Gasteiger partial charge in [-0.1, -0.05) is 168 Å². The molecule has 2 atom stereocenters. The first-order valence-electron chi connectivity index (χ1n) is 21.1. The summed E-state index contributed by atoms with van der Waals surface area (Å²) in [4.78, 5) is 47.2. The summed E-state index contributed by atoms with van der Waals surface area (Å²) in [6, 6.07) is -1.39. The number of aliphatic carboxylic acids is 1. The van der Waals surface area contributed by atoms with Crippen LogP contribution in [0.25, 0.3) is 0 Å². The van der Waals surface area contributed by atoms with Crippen molar-refractivity contribution in [3.05, 3.63) is 12.2 Å². The number of carbonyl (C=O) groups is 4. The van der Waals surface area contributed by atoms with Gasteiger partial charge >= 0.3 is 11.9 Å². The second-order valence-corrected chi connectivity index (χ2v) is 14.4. The Hall–Kier alpha value is -2.42. The minimum Gasteiger partial charge on any atom is -0.480 e. The van der Waals surface area contributed by atoms with E-state index in [0.29, 0.717) is 12.8 Å². The van der Waals surface area contributed by atoms with E-state index in [1.165, 1.54) is 116 Å². The molecule has 0 aliphatic rings. The largest absolute Gasteiger partial charge is 0.480 e. The highest BCUT2D eigenvalue weighted by molar-refractivity contribution is 5.87. The number of nitrogens with one attached hydrogen (secondary N) is 2. The van der Waals surface area contributed by atoms with Crippen LogP contribution in [0.3, 0.4) is 0 Å². The molecular weight excluding hydrogens is 644 g/mol. The number of hydrogen-bond acceptors (Lipinski definition) is 6. The Morgan fingerprint density at radius 1 is 0.588 bits per heavy atom. The molecule has 0 rings (SSSR count). The lowest BCUT2D eigenvalue weighted by atomic mass is 10.0. The SMILES string of the molecule is CCCC/C=C\C(CCCCCCC(=O)NCC(=O)NC(CO)C(=O)O)OC(=O)CCCCCCCCCCCCCCCCCCCCCC. The predicted molar refractivity (Wildman–Crippen MR) is 209 cm³/mol. The van der Waals surface area contributed by atoms with Gasteiger partial charge in [0.05, 0.1) is 13.2 Å². The number of amides is 2. The minimum atomic E-state index is -1.39. The Balaban J connectivity index is 3.91. The highest BCUT2D eigenvalue weighted by Crippen LogP contribution is 2.16. The molecule has 0 fully saturated rings. The highest BCUT2D eigenvalue weighted by Gasteiger charge is 2.18. The average Bonchev–Trinajstić information content (AvgIpc) is 3.11. The maximum atomic E-state index is 12.6. The monoisotopic (exact) mass is 723 g/mol. The third-order valence-electron chi connectivity index (χ3n) is 9.50. The van der Waals surface area contributed by atoms with Crippen molar-refractivity contribution in [3.8, 4) is 0 Å². The number of rotatable bonds is 38. The summed E-state index contributed by atoms with van der Waals surface area (Å²) in [6.07, 6.45) is 38.7. The fourth-order valence-corrected chi connectivity index (χ4v) is 6.20. The molecule has 51 heavy (non-hydrogen) atoms. The van der Waals surface area contributed by atoms with E-state index in [1.807, 2.05) is 6.08 Å². The van der Waals surface area contributed by atoms with Gasteiger partial charge in [-0.05, 0) is 38.2 Å². The quantitative estimate of drug-likeness (QED) is 0.0282. The van der Waals surface area contributed by atoms with Gasteiger partial charge in [-0.15, -0.1) is 0 Å². The molecule has 0 radical (unpaired) electrons. The molecule has 9 heteroatoms. The molecule has 0 aromatic heterocycles. The van der Waals surface area contributed by atoms with Crippen molar-refractivity contribution >= 4 is 23.8 Å². The fourth-order valence-electron chi connectivity index (χ4n) is 6.20. The average molecular weight is 723 g/mol. The number of ether oxygens (including phenoxy) is 1. The van der Waals surface area contributed by atoms with Crippen molar-refractivity contribution < 1.29 is 34.1 Å². The molecular formula is C42H78N2O7. The van der Waals surface area contributed by atoms with Gasteiger partial charge in [0.1, 0.15) is 12.1 Å². The van der Waals surface area contributed by atoms with Crippen molar-refractivity contribution in [2.45, 2.75) is 219 Å². The van der Waals surface area contributed by atoms with E-state index in [1.54, 1.807) is 0 Å². The highest BCUT2D eigenvalue weighted by atomic mass is 16.5. The van der Waals surface area contributed by atoms with E-state index in [-0.39, 0.29) is 30.9 Å². The van der Waals surface area contributed by atoms with Crippen LogP contribution in [-0.2, 0) is 23.9 Å². The zero-order valence-electron chi connectivity index (χ0n) is 32.9. The molecule has 0 saturated heterocycles. The number of aliphatic hydroxyl groups excluding tert-OH is 1. The standard InChI is InChI=1S/C42H78N2O7/c1-3-5-7-9-10-11-12-13-14-15-16-17-18-19-20-21-22-23-24-30-34-41(48)51-37(31-27-8-6-4-2)32-28-25-26-29-33-39(46)43-35-40(47)44-38(36-45)42(49)50/h27,31,37-38,45H,3-26,28-30,32-36H2,1-2H3,(H,43,46)(H,44,47)(H,49,50)/b31-27-. The first-order valence-corrected chi connectivity index (χ1v) is 21.1. The number of esters is 1. The van der Waals surface area contributed by atoms with E-state index in [4.69, 9.17) is 14.9 Å². The molecule has 9 nitrogen and oxygen atoms in total. The molecule has 2 unspecified atom stereocenters. The number of allylic oxidation sites excluding steroid dienone is 1. The third-order valence-corrected chi connectivity index (χ3v) is 9.50. The molecule has 0 aromatic rings. The van der Waals surface area contributed by atoms with Gasteiger partial charge in [0, 0.05) is 12.8 Å². The van der Waals surface area contributed by atoms with Crippen LogP contribution in [0, 0.1) is 0 Å². The molecule has 2 amide bonds. The van der Waals surface area contributed by atoms with Crippen LogP contribution in [0.5, 0.6) is 0 Å². The number of carbonyl (C=O) groups excluding carboxylic acids is 3. The maximum Gasteiger partial charge on any atom is 0.328 e. The molecule has 0 aromatic carbocycles. The second kappa shape index (κ2) is 37.3. The lowest BCUT2D eigenvalue weighted by Crippen LogP contribution is -2.47. The summed E-state index contributed by atoms with van der Waals surface area (Å²) in [5.74, 6) is -2.40. The Morgan fingerprint density at radius 3 is 1.51 bits per heavy atom. The number of carboxylic acids is 1. The normalized spacial score (nSPS) is 12.5. The summed E-state index contributed by atoms with van der Waals surface area (Å²) in [5, 5.41) is 22.5. The van der Waals surface area contributed by atoms with Crippen molar-refractivity contribution in [2.75, 3.05) is 13.2 Å². The lowest BCUT2D eigenvalue weighted by molar-refractivity contribution is -0.147. The lowest BCUT2D eigenvalue weighted by Gasteiger charge is -2.15. The first-order chi connectivity index (χ1) is 24.8. The van der Waals surface area contributed by atoms with Gasteiger partial charge in [0.15, 0.2) is 0 Å². The number of unbranched alkanes of at least 4 members (excludes halogenated alkanes) is 24. The van der Waals surface area contributed by atoms with Crippen LogP contribution in [0.4, 0.5) is 0 Å². The zero-order chi connectivity index (χ0) is 37.6. The minimum absolute atomic E-state index is 0.114. The molecule has 0 bridgehead atoms. The number of aliphatic hydroxyl groups is 1. The Kier molecular flexibility index (Phi) is 35.6. The zero-order valence-corrected chi connectivity index (χ0v) is 32.9. The summed E-state index contributed by atoms with van der Waals surface area (Å²) in [6.45, 7) is 3.39. The summed E-state index contributed by atoms with van der Waals surface area (Å²) >= 11 is 0. The van der Waals surface area contributed by atoms with Crippen LogP contribution in [0.2, 0.25) is 0 Å². The maximum absolute atomic E-state index is 12.6. The van der Waals surface area contributed by atoms with Gasteiger partial charge in [-0.3, -0.25) is 14.4 Å². The van der Waals surface area contributed by atoms with Gasteiger partial charge in [-0.25, -0.2) is 4.79 Å². The molecule has 4 N–H and O–H groups in total. The van der Waals surface area contributed by atoms with Crippen molar-refractivity contribution in [1.82, 2.24) is 10.6 Å². The topological polar surface area (TPSA) is 142 Å². The van der Waals surface area contributed by atoms with Gasteiger partial charge in [0.25, 0.3) is 0 Å². The Bertz CT molecular complexity index is 879. The first kappa shape index (κ1) is 48.6. The smallest absolute Gasteiger partial charge is 0.328 e. The Morgan fingerprint density at radius 2 is 1.04 bits per heavy atom. The summed E-state index contributed by atoms with van der Waals surface area (Å²) in [7, 11) is 0. The second-order valence-electron chi connectivity index (χ2n) is 14.4. The van der Waals surface area contributed by atoms with Crippen molar-refractivity contribution in [3.63, 3.8) is 0 Å². The van der Waals surface area contributed by atoms with Gasteiger partial charge in [0.2, 0.25) is 11.8 Å². The van der Waals surface area contributed by atoms with E-state index in [0.717, 1.165) is 57.8 Å². The summed E-state index contributed by atoms with van der Waals surface area (Å²) in [5.41, 5.74) is 0. The van der Waals surface area contributed by atoms with Crippen molar-refractivity contribution in [1.29, 1.82) is 0 Å². The van der Waals surface area contributed by atoms with Crippen LogP contribution < -0.4 is 10.6 Å². The van der Waals surface area contributed by atoms with E-state index < -0.39 is 24.5 Å². The number of carboxylic acid groups (broad SMARTS) is 1. The summed E-state index contributed by atoms with van der Waals surface area (Å²) < 4.78 is 5.84. The van der Waals surface area contributed by atoms with Crippen molar-refractivity contribution in [2.24, 2.45) is 0 Å². The van der Waals surface area contributed by atoms with Gasteiger partial charge < -0.3 is 25.6 Å². The molecule has 0 saturated carbocycles. The van der Waals surface area contributed by atoms with Gasteiger partial charge in [-0.2, -0.15) is 0 Å². The predicted octanol–water partition coefficient (Wildman–Crippen LogP) is 9.88. The molecule has 0 heterocycles. The van der Waals surface area contributed by atoms with E-state index >= 15 is 0 Å². The van der Waals surface area contributed by atoms with Crippen LogP contribution in [0.1, 0.15) is 206 Å². The van der Waals surface area contributed by atoms with Crippen LogP contribution in [0.15, 0.2) is 12.2 Å².